The number of fused-ring (bicyclic) bond motifs is 1. The molecule has 0 saturated carbocycles. The van der Waals surface area contributed by atoms with E-state index in [4.69, 9.17) is 5.73 Å². The molecule has 1 aromatic rings. The van der Waals surface area contributed by atoms with Crippen LogP contribution in [0.4, 0.5) is 5.69 Å². The van der Waals surface area contributed by atoms with Crippen LogP contribution in [0.15, 0.2) is 18.2 Å². The third-order valence-corrected chi connectivity index (χ3v) is 3.63. The van der Waals surface area contributed by atoms with Gasteiger partial charge in [-0.25, -0.2) is 0 Å². The summed E-state index contributed by atoms with van der Waals surface area (Å²) >= 11 is 0. The van der Waals surface area contributed by atoms with Crippen LogP contribution in [0.3, 0.4) is 0 Å². The number of aryl methyl sites for hydroxylation is 1. The average Bonchev–Trinajstić information content (AvgIpc) is 2.35. The Morgan fingerprint density at radius 1 is 1.39 bits per heavy atom. The monoisotopic (exact) mass is 247 g/mol. The maximum Gasteiger partial charge on any atom is 0.0446 e. The molecule has 1 aliphatic rings. The number of benzene rings is 1. The van der Waals surface area contributed by atoms with E-state index in [0.29, 0.717) is 12.6 Å². The summed E-state index contributed by atoms with van der Waals surface area (Å²) in [7, 11) is 2.17. The lowest BCUT2D eigenvalue weighted by Crippen LogP contribution is -2.33. The Bertz CT molecular complexity index is 401. The Hall–Kier alpha value is -1.06. The lowest BCUT2D eigenvalue weighted by atomic mass is 9.96. The largest absolute Gasteiger partial charge is 0.374 e. The van der Waals surface area contributed by atoms with Crippen molar-refractivity contribution in [1.82, 2.24) is 5.32 Å². The highest BCUT2D eigenvalue weighted by Crippen LogP contribution is 2.28. The van der Waals surface area contributed by atoms with Crippen molar-refractivity contribution in [1.29, 1.82) is 0 Å². The number of rotatable bonds is 4. The quantitative estimate of drug-likeness (QED) is 0.856. The smallest absolute Gasteiger partial charge is 0.0446 e. The molecule has 3 heteroatoms. The van der Waals surface area contributed by atoms with Gasteiger partial charge in [0.05, 0.1) is 0 Å². The molecule has 3 nitrogen and oxygen atoms in total. The van der Waals surface area contributed by atoms with E-state index in [1.807, 2.05) is 0 Å². The van der Waals surface area contributed by atoms with Gasteiger partial charge in [0.25, 0.3) is 0 Å². The second-order valence-corrected chi connectivity index (χ2v) is 5.52. The van der Waals surface area contributed by atoms with Gasteiger partial charge in [0.2, 0.25) is 0 Å². The highest BCUT2D eigenvalue weighted by atomic mass is 15.1. The van der Waals surface area contributed by atoms with Gasteiger partial charge >= 0.3 is 0 Å². The van der Waals surface area contributed by atoms with Gasteiger partial charge in [0.15, 0.2) is 0 Å². The highest BCUT2D eigenvalue weighted by Gasteiger charge is 2.17. The van der Waals surface area contributed by atoms with E-state index >= 15 is 0 Å². The zero-order valence-corrected chi connectivity index (χ0v) is 11.7. The molecule has 1 atom stereocenters. The fourth-order valence-electron chi connectivity index (χ4n) is 2.72. The normalized spacial score (nSPS) is 16.8. The minimum Gasteiger partial charge on any atom is -0.374 e. The summed E-state index contributed by atoms with van der Waals surface area (Å²) in [6, 6.07) is 7.51. The van der Waals surface area contributed by atoms with Crippen LogP contribution in [-0.2, 0) is 6.42 Å². The van der Waals surface area contributed by atoms with Gasteiger partial charge < -0.3 is 16.0 Å². The van der Waals surface area contributed by atoms with E-state index in [1.165, 1.54) is 29.7 Å². The van der Waals surface area contributed by atoms with Gasteiger partial charge in [0.1, 0.15) is 0 Å². The molecule has 1 aliphatic heterocycles. The van der Waals surface area contributed by atoms with Crippen LogP contribution in [0.25, 0.3) is 0 Å². The second kappa shape index (κ2) is 5.72. The van der Waals surface area contributed by atoms with Crippen LogP contribution >= 0.6 is 0 Å². The fourth-order valence-corrected chi connectivity index (χ4v) is 2.72. The number of hydrogen-bond donors (Lipinski definition) is 2. The summed E-state index contributed by atoms with van der Waals surface area (Å²) in [5.74, 6) is 0. The molecule has 3 N–H and O–H groups in total. The van der Waals surface area contributed by atoms with Crippen molar-refractivity contribution in [3.63, 3.8) is 0 Å². The topological polar surface area (TPSA) is 41.3 Å². The minimum absolute atomic E-state index is 0.266. The van der Waals surface area contributed by atoms with E-state index in [0.717, 1.165) is 6.54 Å². The third-order valence-electron chi connectivity index (χ3n) is 3.63. The van der Waals surface area contributed by atoms with Crippen molar-refractivity contribution in [2.45, 2.75) is 38.8 Å². The zero-order chi connectivity index (χ0) is 13.1. The number of nitrogens with two attached hydrogens (primary N) is 1. The Morgan fingerprint density at radius 3 is 2.83 bits per heavy atom. The molecule has 0 aromatic heterocycles. The van der Waals surface area contributed by atoms with Crippen LogP contribution in [0.2, 0.25) is 0 Å². The first kappa shape index (κ1) is 13.4. The zero-order valence-electron chi connectivity index (χ0n) is 11.7. The van der Waals surface area contributed by atoms with E-state index < -0.39 is 0 Å². The van der Waals surface area contributed by atoms with Gasteiger partial charge in [-0.1, -0.05) is 26.0 Å². The van der Waals surface area contributed by atoms with Gasteiger partial charge in [0, 0.05) is 37.9 Å². The predicted octanol–water partition coefficient (Wildman–Crippen LogP) is 2.07. The molecule has 1 aromatic carbocycles. The summed E-state index contributed by atoms with van der Waals surface area (Å²) in [6.07, 6.45) is 2.43. The van der Waals surface area contributed by atoms with Crippen LogP contribution in [0.5, 0.6) is 0 Å². The first-order valence-electron chi connectivity index (χ1n) is 6.92. The number of nitrogens with zero attached hydrogens (tertiary/aromatic N) is 1. The molecule has 0 amide bonds. The van der Waals surface area contributed by atoms with Crippen molar-refractivity contribution < 1.29 is 0 Å². The van der Waals surface area contributed by atoms with Crippen LogP contribution in [0.1, 0.15) is 37.4 Å². The van der Waals surface area contributed by atoms with Crippen molar-refractivity contribution in [2.24, 2.45) is 5.73 Å². The summed E-state index contributed by atoms with van der Waals surface area (Å²) in [4.78, 5) is 2.34. The Kier molecular flexibility index (Phi) is 4.25. The molecule has 1 heterocycles. The summed E-state index contributed by atoms with van der Waals surface area (Å²) < 4.78 is 0. The number of hydrogen-bond acceptors (Lipinski definition) is 3. The average molecular weight is 247 g/mol. The standard InChI is InChI=1S/C15H25N3/c1-11(2)17-14(10-16)12-6-7-15-13(9-12)5-4-8-18(15)3/h6-7,9,11,14,17H,4-5,8,10,16H2,1-3H3. The fraction of sp³-hybridized carbons (Fsp3) is 0.600. The maximum atomic E-state index is 5.88. The van der Waals surface area contributed by atoms with E-state index in [2.05, 4.69) is 49.3 Å². The van der Waals surface area contributed by atoms with E-state index in [9.17, 15) is 0 Å². The molecular formula is C15H25N3. The van der Waals surface area contributed by atoms with Crippen molar-refractivity contribution in [3.05, 3.63) is 29.3 Å². The van der Waals surface area contributed by atoms with E-state index in [-0.39, 0.29) is 6.04 Å². The first-order chi connectivity index (χ1) is 8.61. The lowest BCUT2D eigenvalue weighted by Gasteiger charge is -2.29. The molecule has 0 radical (unpaired) electrons. The summed E-state index contributed by atoms with van der Waals surface area (Å²) in [6.45, 7) is 6.13. The lowest BCUT2D eigenvalue weighted by molar-refractivity contribution is 0.483. The van der Waals surface area contributed by atoms with Gasteiger partial charge in [-0.05, 0) is 30.0 Å². The Morgan fingerprint density at radius 2 is 2.17 bits per heavy atom. The van der Waals surface area contributed by atoms with Crippen LogP contribution in [0, 0.1) is 0 Å². The van der Waals surface area contributed by atoms with Crippen molar-refractivity contribution in [3.8, 4) is 0 Å². The molecular weight excluding hydrogens is 222 g/mol. The molecule has 18 heavy (non-hydrogen) atoms. The molecule has 2 rings (SSSR count). The van der Waals surface area contributed by atoms with E-state index in [1.54, 1.807) is 0 Å². The van der Waals surface area contributed by atoms with Gasteiger partial charge in [-0.2, -0.15) is 0 Å². The van der Waals surface area contributed by atoms with Crippen molar-refractivity contribution >= 4 is 5.69 Å². The predicted molar refractivity (Wildman–Crippen MR) is 78.1 cm³/mol. The molecule has 0 spiro atoms. The van der Waals surface area contributed by atoms with Gasteiger partial charge in [-0.3, -0.25) is 0 Å². The van der Waals surface area contributed by atoms with Crippen LogP contribution < -0.4 is 16.0 Å². The molecule has 0 saturated heterocycles. The molecule has 0 fully saturated rings. The molecule has 1 unspecified atom stereocenters. The molecule has 0 bridgehead atoms. The maximum absolute atomic E-state index is 5.88. The third kappa shape index (κ3) is 2.85. The summed E-state index contributed by atoms with van der Waals surface area (Å²) in [5.41, 5.74) is 10.0. The SMILES string of the molecule is CC(C)NC(CN)c1ccc2c(c1)CCCN2C. The molecule has 100 valence electrons. The second-order valence-electron chi connectivity index (χ2n) is 5.52. The van der Waals surface area contributed by atoms with Gasteiger partial charge in [-0.15, -0.1) is 0 Å². The number of anilines is 1. The number of nitrogens with one attached hydrogen (secondary N) is 1. The van der Waals surface area contributed by atoms with Crippen LogP contribution in [-0.4, -0.2) is 26.2 Å². The Labute approximate surface area is 110 Å². The Balaban J connectivity index is 2.24. The minimum atomic E-state index is 0.266. The summed E-state index contributed by atoms with van der Waals surface area (Å²) in [5, 5.41) is 3.53. The molecule has 0 aliphatic carbocycles. The highest BCUT2D eigenvalue weighted by molar-refractivity contribution is 5.56. The first-order valence-corrected chi connectivity index (χ1v) is 6.92. The van der Waals surface area contributed by atoms with Crippen molar-refractivity contribution in [2.75, 3.05) is 25.0 Å².